The quantitative estimate of drug-likeness (QED) is 0.325. The molecule has 0 aliphatic heterocycles. The van der Waals surface area contributed by atoms with Gasteiger partial charge in [0, 0.05) is 13.1 Å². The molecular weight excluding hydrogens is 242 g/mol. The minimum absolute atomic E-state index is 0.0721. The highest BCUT2D eigenvalue weighted by atomic mass is 16.4. The molecule has 0 radical (unpaired) electrons. The van der Waals surface area contributed by atoms with Crippen LogP contribution in [-0.2, 0) is 0 Å². The molecule has 0 bridgehead atoms. The van der Waals surface area contributed by atoms with Crippen molar-refractivity contribution < 1.29 is 5.21 Å². The van der Waals surface area contributed by atoms with Gasteiger partial charge in [-0.15, -0.1) is 5.10 Å². The van der Waals surface area contributed by atoms with E-state index in [1.165, 1.54) is 0 Å². The molecule has 0 aliphatic carbocycles. The number of hydrogen-bond acceptors (Lipinski definition) is 5. The van der Waals surface area contributed by atoms with Crippen LogP contribution in [0.4, 0.5) is 5.82 Å². The maximum atomic E-state index is 8.84. The molecule has 1 rings (SSSR count). The van der Waals surface area contributed by atoms with Gasteiger partial charge in [0.1, 0.15) is 0 Å². The molecule has 0 spiro atoms. The Kier molecular flexibility index (Phi) is 6.63. The molecule has 3 N–H and O–H groups in total. The molecule has 1 aromatic rings. The van der Waals surface area contributed by atoms with Crippen LogP contribution in [0.1, 0.15) is 45.1 Å². The van der Waals surface area contributed by atoms with Gasteiger partial charge in [-0.1, -0.05) is 31.8 Å². The van der Waals surface area contributed by atoms with Crippen molar-refractivity contribution in [2.75, 3.05) is 18.0 Å². The number of amidine groups is 1. The maximum Gasteiger partial charge on any atom is 0.173 e. The van der Waals surface area contributed by atoms with E-state index in [1.54, 1.807) is 12.3 Å². The first-order valence-electron chi connectivity index (χ1n) is 6.79. The van der Waals surface area contributed by atoms with Crippen LogP contribution >= 0.6 is 0 Å². The maximum absolute atomic E-state index is 8.84. The second kappa shape index (κ2) is 8.29. The lowest BCUT2D eigenvalue weighted by Gasteiger charge is -2.24. The molecule has 6 heteroatoms. The van der Waals surface area contributed by atoms with E-state index in [0.717, 1.165) is 38.8 Å². The van der Waals surface area contributed by atoms with Crippen LogP contribution in [0.3, 0.4) is 0 Å². The van der Waals surface area contributed by atoms with E-state index >= 15 is 0 Å². The minimum atomic E-state index is 0.0721. The number of nitrogens with two attached hydrogens (primary N) is 1. The standard InChI is InChI=1S/C13H23N5O/c1-3-5-9-18(10-6-4-2)13-11(12(14)17-19)7-8-15-16-13/h7-8,19H,3-6,9-10H2,1-2H3,(H2,14,17). The van der Waals surface area contributed by atoms with Gasteiger partial charge in [-0.05, 0) is 18.9 Å². The number of anilines is 1. The minimum Gasteiger partial charge on any atom is -0.409 e. The first kappa shape index (κ1) is 15.2. The molecule has 19 heavy (non-hydrogen) atoms. The van der Waals surface area contributed by atoms with Crippen molar-refractivity contribution in [3.63, 3.8) is 0 Å². The lowest BCUT2D eigenvalue weighted by atomic mass is 10.2. The summed E-state index contributed by atoms with van der Waals surface area (Å²) < 4.78 is 0. The Bertz CT molecular complexity index is 400. The Balaban J connectivity index is 2.99. The second-order valence-electron chi connectivity index (χ2n) is 4.45. The van der Waals surface area contributed by atoms with E-state index in [4.69, 9.17) is 10.9 Å². The Morgan fingerprint density at radius 1 is 1.32 bits per heavy atom. The predicted molar refractivity (Wildman–Crippen MR) is 76.6 cm³/mol. The summed E-state index contributed by atoms with van der Waals surface area (Å²) in [4.78, 5) is 2.16. The molecule has 0 saturated carbocycles. The van der Waals surface area contributed by atoms with Crippen LogP contribution in [0.2, 0.25) is 0 Å². The molecule has 1 heterocycles. The summed E-state index contributed by atoms with van der Waals surface area (Å²) >= 11 is 0. The fourth-order valence-corrected chi connectivity index (χ4v) is 1.83. The summed E-state index contributed by atoms with van der Waals surface area (Å²) in [5, 5.41) is 20.0. The number of aromatic nitrogens is 2. The Morgan fingerprint density at radius 3 is 2.47 bits per heavy atom. The van der Waals surface area contributed by atoms with Crippen LogP contribution in [0.15, 0.2) is 17.4 Å². The van der Waals surface area contributed by atoms with Crippen molar-refractivity contribution in [1.29, 1.82) is 0 Å². The molecule has 0 saturated heterocycles. The van der Waals surface area contributed by atoms with Crippen LogP contribution in [0.5, 0.6) is 0 Å². The summed E-state index contributed by atoms with van der Waals surface area (Å²) in [6.07, 6.45) is 5.93. The van der Waals surface area contributed by atoms with E-state index in [9.17, 15) is 0 Å². The van der Waals surface area contributed by atoms with Crippen molar-refractivity contribution in [2.24, 2.45) is 10.9 Å². The van der Waals surface area contributed by atoms with Crippen molar-refractivity contribution >= 4 is 11.7 Å². The van der Waals surface area contributed by atoms with Gasteiger partial charge in [0.15, 0.2) is 11.7 Å². The van der Waals surface area contributed by atoms with Crippen LogP contribution in [0, 0.1) is 0 Å². The van der Waals surface area contributed by atoms with Crippen molar-refractivity contribution in [2.45, 2.75) is 39.5 Å². The van der Waals surface area contributed by atoms with Crippen molar-refractivity contribution in [3.05, 3.63) is 17.8 Å². The molecule has 0 amide bonds. The lowest BCUT2D eigenvalue weighted by molar-refractivity contribution is 0.318. The molecule has 6 nitrogen and oxygen atoms in total. The number of rotatable bonds is 8. The molecule has 0 aromatic carbocycles. The first-order valence-corrected chi connectivity index (χ1v) is 6.79. The van der Waals surface area contributed by atoms with Gasteiger partial charge in [-0.2, -0.15) is 5.10 Å². The average molecular weight is 265 g/mol. The van der Waals surface area contributed by atoms with E-state index in [1.807, 2.05) is 0 Å². The third-order valence-electron chi connectivity index (χ3n) is 2.95. The molecule has 106 valence electrons. The highest BCUT2D eigenvalue weighted by molar-refractivity contribution is 6.01. The average Bonchev–Trinajstić information content (AvgIpc) is 2.47. The van der Waals surface area contributed by atoms with Gasteiger partial charge in [-0.25, -0.2) is 0 Å². The molecular formula is C13H23N5O. The zero-order valence-corrected chi connectivity index (χ0v) is 11.7. The SMILES string of the molecule is CCCCN(CCCC)c1nnccc1/C(N)=N/O. The highest BCUT2D eigenvalue weighted by Gasteiger charge is 2.15. The second-order valence-corrected chi connectivity index (χ2v) is 4.45. The van der Waals surface area contributed by atoms with Crippen LogP contribution < -0.4 is 10.6 Å². The zero-order chi connectivity index (χ0) is 14.1. The summed E-state index contributed by atoms with van der Waals surface area (Å²) in [6, 6.07) is 1.72. The first-order chi connectivity index (χ1) is 9.24. The summed E-state index contributed by atoms with van der Waals surface area (Å²) in [5.74, 6) is 0.766. The van der Waals surface area contributed by atoms with Crippen LogP contribution in [-0.4, -0.2) is 34.3 Å². The Morgan fingerprint density at radius 2 is 1.95 bits per heavy atom. The predicted octanol–water partition coefficient (Wildman–Crippen LogP) is 1.98. The van der Waals surface area contributed by atoms with Gasteiger partial charge >= 0.3 is 0 Å². The monoisotopic (exact) mass is 265 g/mol. The molecule has 0 aliphatic rings. The summed E-state index contributed by atoms with van der Waals surface area (Å²) in [7, 11) is 0. The van der Waals surface area contributed by atoms with E-state index in [0.29, 0.717) is 11.4 Å². The number of nitrogens with zero attached hydrogens (tertiary/aromatic N) is 4. The topological polar surface area (TPSA) is 87.6 Å². The van der Waals surface area contributed by atoms with Gasteiger partial charge < -0.3 is 15.8 Å². The Labute approximate surface area is 114 Å². The van der Waals surface area contributed by atoms with Gasteiger partial charge in [0.2, 0.25) is 0 Å². The van der Waals surface area contributed by atoms with E-state index in [-0.39, 0.29) is 5.84 Å². The number of hydrogen-bond donors (Lipinski definition) is 2. The summed E-state index contributed by atoms with van der Waals surface area (Å²) in [6.45, 7) is 6.11. The molecule has 1 aromatic heterocycles. The molecule has 0 unspecified atom stereocenters. The molecule has 0 atom stereocenters. The third-order valence-corrected chi connectivity index (χ3v) is 2.95. The highest BCUT2D eigenvalue weighted by Crippen LogP contribution is 2.17. The largest absolute Gasteiger partial charge is 0.409 e. The summed E-state index contributed by atoms with van der Waals surface area (Å²) in [5.41, 5.74) is 6.33. The fraction of sp³-hybridized carbons (Fsp3) is 0.615. The third kappa shape index (κ3) is 4.39. The van der Waals surface area contributed by atoms with Crippen LogP contribution in [0.25, 0.3) is 0 Å². The van der Waals surface area contributed by atoms with Gasteiger partial charge in [0.05, 0.1) is 11.8 Å². The number of unbranched alkanes of at least 4 members (excludes halogenated alkanes) is 2. The van der Waals surface area contributed by atoms with E-state index in [2.05, 4.69) is 34.1 Å². The molecule has 0 fully saturated rings. The fourth-order valence-electron chi connectivity index (χ4n) is 1.83. The smallest absolute Gasteiger partial charge is 0.173 e. The number of oxime groups is 1. The normalized spacial score (nSPS) is 11.6. The van der Waals surface area contributed by atoms with Crippen molar-refractivity contribution in [1.82, 2.24) is 10.2 Å². The Hall–Kier alpha value is -1.85. The van der Waals surface area contributed by atoms with Crippen molar-refractivity contribution in [3.8, 4) is 0 Å². The zero-order valence-electron chi connectivity index (χ0n) is 11.7. The van der Waals surface area contributed by atoms with Gasteiger partial charge in [-0.3, -0.25) is 0 Å². The van der Waals surface area contributed by atoms with Gasteiger partial charge in [0.25, 0.3) is 0 Å². The van der Waals surface area contributed by atoms with E-state index < -0.39 is 0 Å². The lowest BCUT2D eigenvalue weighted by Crippen LogP contribution is -2.30.